The number of carbonyl (C=O) groups is 1. The lowest BCUT2D eigenvalue weighted by Crippen LogP contribution is -2.21. The molecule has 8 nitrogen and oxygen atoms in total. The second-order valence-corrected chi connectivity index (χ2v) is 4.25. The summed E-state index contributed by atoms with van der Waals surface area (Å²) in [5.41, 5.74) is 0. The number of rotatable bonds is 3. The van der Waals surface area contributed by atoms with Gasteiger partial charge in [0, 0.05) is 0 Å². The van der Waals surface area contributed by atoms with Gasteiger partial charge in [-0.1, -0.05) is 5.10 Å². The molecule has 1 fully saturated rings. The fourth-order valence-electron chi connectivity index (χ4n) is 1.97. The summed E-state index contributed by atoms with van der Waals surface area (Å²) in [5, 5.41) is 13.4. The van der Waals surface area contributed by atoms with E-state index in [-0.39, 0.29) is 17.8 Å². The number of ether oxygens (including phenoxy) is 2. The zero-order valence-corrected chi connectivity index (χ0v) is 10.2. The van der Waals surface area contributed by atoms with Crippen LogP contribution in [0.4, 0.5) is 6.01 Å². The Labute approximate surface area is 109 Å². The van der Waals surface area contributed by atoms with E-state index in [0.717, 1.165) is 19.4 Å². The lowest BCUT2D eigenvalue weighted by Gasteiger charge is -2.13. The summed E-state index contributed by atoms with van der Waals surface area (Å²) in [4.78, 5) is 11.8. The summed E-state index contributed by atoms with van der Waals surface area (Å²) in [6.45, 7) is 1.72. The highest BCUT2D eigenvalue weighted by molar-refractivity contribution is 6.00. The smallest absolute Gasteiger partial charge is 0.322 e. The molecule has 2 N–H and O–H groups in total. The number of carbonyl (C=O) groups excluding carboxylic acids is 1. The van der Waals surface area contributed by atoms with Crippen molar-refractivity contribution in [3.63, 3.8) is 0 Å². The van der Waals surface area contributed by atoms with Gasteiger partial charge in [0.25, 0.3) is 5.91 Å². The molecule has 1 amide bonds. The number of nitrogens with zero attached hydrogens (tertiary/aromatic N) is 2. The van der Waals surface area contributed by atoms with Gasteiger partial charge in [-0.25, -0.2) is 0 Å². The molecule has 0 radical (unpaired) electrons. The first-order valence-corrected chi connectivity index (χ1v) is 6.15. The van der Waals surface area contributed by atoms with E-state index in [1.165, 1.54) is 6.26 Å². The molecule has 1 atom stereocenters. The molecule has 0 aromatic carbocycles. The van der Waals surface area contributed by atoms with Crippen LogP contribution >= 0.6 is 0 Å². The lowest BCUT2D eigenvalue weighted by atomic mass is 10.2. The molecule has 19 heavy (non-hydrogen) atoms. The quantitative estimate of drug-likeness (QED) is 0.812. The Morgan fingerprint density at radius 3 is 3.11 bits per heavy atom. The van der Waals surface area contributed by atoms with Crippen LogP contribution in [0, 0.1) is 0 Å². The van der Waals surface area contributed by atoms with Crippen molar-refractivity contribution in [1.29, 1.82) is 0 Å². The Morgan fingerprint density at radius 1 is 1.42 bits per heavy atom. The average molecular weight is 266 g/mol. The van der Waals surface area contributed by atoms with E-state index in [0.29, 0.717) is 19.1 Å². The van der Waals surface area contributed by atoms with Gasteiger partial charge < -0.3 is 19.2 Å². The second kappa shape index (κ2) is 5.27. The van der Waals surface area contributed by atoms with Crippen molar-refractivity contribution in [2.24, 2.45) is 0 Å². The molecule has 0 aliphatic carbocycles. The average Bonchev–Trinajstić information content (AvgIpc) is 3.10. The van der Waals surface area contributed by atoms with Crippen LogP contribution in [0.15, 0.2) is 16.4 Å². The molecule has 1 aromatic heterocycles. The fraction of sp³-hybridized carbons (Fsp3) is 0.545. The predicted octanol–water partition coefficient (Wildman–Crippen LogP) is 0.321. The number of anilines is 1. The molecule has 3 heterocycles. The van der Waals surface area contributed by atoms with E-state index in [4.69, 9.17) is 13.9 Å². The minimum atomic E-state index is -0.464. The highest BCUT2D eigenvalue weighted by atomic mass is 16.6. The van der Waals surface area contributed by atoms with Gasteiger partial charge in [-0.05, 0) is 19.4 Å². The minimum absolute atomic E-state index is 0.0590. The van der Waals surface area contributed by atoms with Gasteiger partial charge in [-0.15, -0.1) is 5.10 Å². The molecule has 0 bridgehead atoms. The van der Waals surface area contributed by atoms with Crippen LogP contribution in [-0.4, -0.2) is 35.9 Å². The largest absolute Gasteiger partial charge is 0.494 e. The zero-order chi connectivity index (χ0) is 13.1. The third kappa shape index (κ3) is 2.68. The maximum Gasteiger partial charge on any atom is 0.322 e. The van der Waals surface area contributed by atoms with Gasteiger partial charge >= 0.3 is 6.01 Å². The van der Waals surface area contributed by atoms with Crippen LogP contribution in [0.1, 0.15) is 24.8 Å². The van der Waals surface area contributed by atoms with E-state index in [1.807, 2.05) is 0 Å². The highest BCUT2D eigenvalue weighted by Crippen LogP contribution is 2.23. The van der Waals surface area contributed by atoms with Crippen molar-refractivity contribution in [3.8, 4) is 0 Å². The van der Waals surface area contributed by atoms with E-state index < -0.39 is 5.91 Å². The van der Waals surface area contributed by atoms with Gasteiger partial charge in [0.05, 0.1) is 6.04 Å². The SMILES string of the molecule is O=C(Nc1nnc(C2CCCN2)o1)C1=COCCO1. The van der Waals surface area contributed by atoms with Crippen molar-refractivity contribution in [3.05, 3.63) is 17.9 Å². The number of aromatic nitrogens is 2. The lowest BCUT2D eigenvalue weighted by molar-refractivity contribution is -0.117. The molecule has 1 unspecified atom stereocenters. The van der Waals surface area contributed by atoms with Crippen LogP contribution in [0.25, 0.3) is 0 Å². The van der Waals surface area contributed by atoms with Gasteiger partial charge in [0.2, 0.25) is 11.6 Å². The Bertz CT molecular complexity index is 493. The predicted molar refractivity (Wildman–Crippen MR) is 62.9 cm³/mol. The summed E-state index contributed by atoms with van der Waals surface area (Å²) in [5.74, 6) is 0.127. The molecular formula is C11H14N4O4. The maximum absolute atomic E-state index is 11.8. The van der Waals surface area contributed by atoms with Crippen LogP contribution in [0.2, 0.25) is 0 Å². The molecule has 0 spiro atoms. The normalized spacial score (nSPS) is 22.3. The summed E-state index contributed by atoms with van der Waals surface area (Å²) < 4.78 is 15.5. The first-order valence-electron chi connectivity index (χ1n) is 6.15. The fourth-order valence-corrected chi connectivity index (χ4v) is 1.97. The molecule has 3 rings (SSSR count). The van der Waals surface area contributed by atoms with Gasteiger partial charge in [0.15, 0.2) is 0 Å². The van der Waals surface area contributed by atoms with Crippen molar-refractivity contribution >= 4 is 11.9 Å². The van der Waals surface area contributed by atoms with Gasteiger partial charge in [-0.3, -0.25) is 10.1 Å². The Hall–Kier alpha value is -2.09. The minimum Gasteiger partial charge on any atom is -0.494 e. The van der Waals surface area contributed by atoms with Crippen LogP contribution in [0.5, 0.6) is 0 Å². The summed E-state index contributed by atoms with van der Waals surface area (Å²) in [6, 6.07) is 0.135. The molecule has 8 heteroatoms. The van der Waals surface area contributed by atoms with Crippen molar-refractivity contribution in [2.45, 2.75) is 18.9 Å². The number of hydrogen-bond acceptors (Lipinski definition) is 7. The van der Waals surface area contributed by atoms with E-state index in [1.54, 1.807) is 0 Å². The summed E-state index contributed by atoms with van der Waals surface area (Å²) in [6.07, 6.45) is 3.30. The Balaban J connectivity index is 1.63. The topological polar surface area (TPSA) is 98.5 Å². The molecule has 102 valence electrons. The van der Waals surface area contributed by atoms with Crippen molar-refractivity contribution < 1.29 is 18.7 Å². The van der Waals surface area contributed by atoms with E-state index >= 15 is 0 Å². The molecule has 1 saturated heterocycles. The Kier molecular flexibility index (Phi) is 3.32. The zero-order valence-electron chi connectivity index (χ0n) is 10.2. The Morgan fingerprint density at radius 2 is 2.37 bits per heavy atom. The number of hydrogen-bond donors (Lipinski definition) is 2. The van der Waals surface area contributed by atoms with Crippen molar-refractivity contribution in [1.82, 2.24) is 15.5 Å². The van der Waals surface area contributed by atoms with Gasteiger partial charge in [-0.2, -0.15) is 0 Å². The molecule has 0 saturated carbocycles. The second-order valence-electron chi connectivity index (χ2n) is 4.25. The summed E-state index contributed by atoms with van der Waals surface area (Å²) >= 11 is 0. The van der Waals surface area contributed by atoms with Crippen LogP contribution < -0.4 is 10.6 Å². The van der Waals surface area contributed by atoms with Crippen LogP contribution in [-0.2, 0) is 14.3 Å². The first-order chi connectivity index (χ1) is 9.33. The van der Waals surface area contributed by atoms with Crippen LogP contribution in [0.3, 0.4) is 0 Å². The molecular weight excluding hydrogens is 252 g/mol. The monoisotopic (exact) mass is 266 g/mol. The maximum atomic E-state index is 11.8. The van der Waals surface area contributed by atoms with Crippen molar-refractivity contribution in [2.75, 3.05) is 25.1 Å². The third-order valence-electron chi connectivity index (χ3n) is 2.89. The molecule has 2 aliphatic heterocycles. The highest BCUT2D eigenvalue weighted by Gasteiger charge is 2.23. The first kappa shape index (κ1) is 12.0. The summed E-state index contributed by atoms with van der Waals surface area (Å²) in [7, 11) is 0. The number of amides is 1. The van der Waals surface area contributed by atoms with Gasteiger partial charge in [0.1, 0.15) is 19.5 Å². The third-order valence-corrected chi connectivity index (χ3v) is 2.89. The van der Waals surface area contributed by atoms with E-state index in [9.17, 15) is 4.79 Å². The van der Waals surface area contributed by atoms with E-state index in [2.05, 4.69) is 20.8 Å². The standard InChI is InChI=1S/C11H14N4O4/c16-9(8-6-17-4-5-18-8)13-11-15-14-10(19-11)7-2-1-3-12-7/h6-7,12H,1-5H2,(H,13,15,16). The molecule has 2 aliphatic rings. The molecule has 1 aromatic rings. The number of nitrogens with one attached hydrogen (secondary N) is 2.